The molecule has 4 aromatic rings. The maximum absolute atomic E-state index is 13.3. The van der Waals surface area contributed by atoms with Gasteiger partial charge in [-0.3, -0.25) is 18.7 Å². The minimum Gasteiger partial charge on any atom is -0.304 e. The Morgan fingerprint density at radius 1 is 0.528 bits per heavy atom. The smallest absolute Gasteiger partial charge is 0.304 e. The van der Waals surface area contributed by atoms with Crippen LogP contribution in [0.15, 0.2) is 67.1 Å². The van der Waals surface area contributed by atoms with Crippen molar-refractivity contribution in [1.82, 2.24) is 15.0 Å². The molecule has 0 saturated heterocycles. The number of rotatable bonds is 2. The van der Waals surface area contributed by atoms with Crippen molar-refractivity contribution in [2.75, 3.05) is 0 Å². The largest absolute Gasteiger partial charge is 3.00 e. The van der Waals surface area contributed by atoms with Gasteiger partial charge in [-0.2, -0.15) is 13.2 Å². The summed E-state index contributed by atoms with van der Waals surface area (Å²) in [6, 6.07) is 14.0. The molecule has 302 valence electrons. The van der Waals surface area contributed by atoms with Crippen molar-refractivity contribution in [3.63, 3.8) is 0 Å². The predicted octanol–water partition coefficient (Wildman–Crippen LogP) is 15.3. The van der Waals surface area contributed by atoms with Gasteiger partial charge in [0.1, 0.15) is 0 Å². The standard InChI is InChI=1S/C18H24N2.C12H5F5N.2F6P.Ir/c1-17(2,3)13-7-9-19-15(11-13)16-12-14(8-10-20-16)18(4,5)6;13-8-2-3-9(10(14)5-8)11-4-1-7(6-18-11)12(15,16)17;2*1-7(2,3,4,5)6;/h7-12H,1-6H3;1-2,4-6H;;;/q;3*-1;+3. The van der Waals surface area contributed by atoms with Gasteiger partial charge in [0.25, 0.3) is 0 Å². The van der Waals surface area contributed by atoms with Crippen LogP contribution in [0.2, 0.25) is 0 Å². The molecule has 1 aromatic carbocycles. The van der Waals surface area contributed by atoms with Gasteiger partial charge in [-0.05, 0) is 51.9 Å². The first-order chi connectivity index (χ1) is 22.5. The summed E-state index contributed by atoms with van der Waals surface area (Å²) in [6.07, 6.45) is -0.161. The van der Waals surface area contributed by atoms with E-state index in [1.54, 1.807) is 0 Å². The first-order valence-electron chi connectivity index (χ1n) is 13.9. The Labute approximate surface area is 305 Å². The Morgan fingerprint density at radius 3 is 1.19 bits per heavy atom. The second kappa shape index (κ2) is 14.9. The van der Waals surface area contributed by atoms with Crippen LogP contribution in [0.4, 0.5) is 72.3 Å². The molecule has 0 aliphatic rings. The van der Waals surface area contributed by atoms with Crippen molar-refractivity contribution in [3.05, 3.63) is 102 Å². The van der Waals surface area contributed by atoms with Crippen molar-refractivity contribution in [2.24, 2.45) is 0 Å². The molecule has 23 heteroatoms. The molecule has 0 fully saturated rings. The quantitative estimate of drug-likeness (QED) is 0.114. The second-order valence-corrected chi connectivity index (χ2v) is 16.6. The third-order valence-corrected chi connectivity index (χ3v) is 5.72. The van der Waals surface area contributed by atoms with Crippen LogP contribution in [-0.4, -0.2) is 15.0 Å². The normalized spacial score (nSPS) is 14.8. The van der Waals surface area contributed by atoms with Gasteiger partial charge in [0.05, 0.1) is 17.0 Å². The van der Waals surface area contributed by atoms with Crippen LogP contribution in [0, 0.1) is 17.7 Å². The number of hydrogen-bond acceptors (Lipinski definition) is 3. The van der Waals surface area contributed by atoms with Crippen LogP contribution in [0.5, 0.6) is 0 Å². The van der Waals surface area contributed by atoms with Crippen LogP contribution in [0.1, 0.15) is 58.2 Å². The van der Waals surface area contributed by atoms with E-state index >= 15 is 0 Å². The van der Waals surface area contributed by atoms with E-state index in [2.05, 4.69) is 86.8 Å². The molecule has 3 heterocycles. The number of halogens is 17. The topological polar surface area (TPSA) is 38.7 Å². The van der Waals surface area contributed by atoms with Crippen molar-refractivity contribution in [2.45, 2.75) is 58.5 Å². The minimum absolute atomic E-state index is 0. The van der Waals surface area contributed by atoms with Crippen LogP contribution in [0.25, 0.3) is 22.6 Å². The predicted molar refractivity (Wildman–Crippen MR) is 165 cm³/mol. The van der Waals surface area contributed by atoms with Gasteiger partial charge >= 0.3 is 92.3 Å². The summed E-state index contributed by atoms with van der Waals surface area (Å²) in [6.45, 7) is 13.3. The molecule has 0 saturated carbocycles. The Balaban J connectivity index is 0.000000749. The Bertz CT molecular complexity index is 1730. The van der Waals surface area contributed by atoms with Crippen molar-refractivity contribution >= 4 is 15.6 Å². The Hall–Kier alpha value is -3.01. The molecule has 0 unspecified atom stereocenters. The third-order valence-electron chi connectivity index (χ3n) is 5.72. The van der Waals surface area contributed by atoms with Crippen LogP contribution < -0.4 is 0 Å². The average Bonchev–Trinajstić information content (AvgIpc) is 2.89. The molecule has 0 aliphatic carbocycles. The summed E-state index contributed by atoms with van der Waals surface area (Å²) >= 11 is 0. The molecule has 0 N–H and O–H groups in total. The molecule has 0 atom stereocenters. The Morgan fingerprint density at radius 2 is 0.906 bits per heavy atom. The minimum atomic E-state index is -10.7. The molecule has 0 bridgehead atoms. The van der Waals surface area contributed by atoms with Crippen molar-refractivity contribution in [1.29, 1.82) is 0 Å². The van der Waals surface area contributed by atoms with Crippen molar-refractivity contribution < 1.29 is 92.4 Å². The molecular weight excluding hydrogens is 979 g/mol. The van der Waals surface area contributed by atoms with Gasteiger partial charge < -0.3 is 4.98 Å². The molecular formula is C30H29F17IrN3P2. The van der Waals surface area contributed by atoms with Crippen molar-refractivity contribution in [3.8, 4) is 22.6 Å². The summed E-state index contributed by atoms with van der Waals surface area (Å²) < 4.78 is 181. The fraction of sp³-hybridized carbons (Fsp3) is 0.300. The maximum Gasteiger partial charge on any atom is 3.00 e. The Kier molecular flexibility index (Phi) is 14.1. The summed E-state index contributed by atoms with van der Waals surface area (Å²) in [5.74, 6) is -1.74. The van der Waals surface area contributed by atoms with Crippen LogP contribution in [0.3, 0.4) is 0 Å². The fourth-order valence-electron chi connectivity index (χ4n) is 3.42. The zero-order valence-electron chi connectivity index (χ0n) is 27.8. The summed E-state index contributed by atoms with van der Waals surface area (Å²) in [7, 11) is -21.3. The van der Waals surface area contributed by atoms with E-state index in [1.165, 1.54) is 11.1 Å². The van der Waals surface area contributed by atoms with E-state index in [0.29, 0.717) is 12.3 Å². The molecule has 0 radical (unpaired) electrons. The molecule has 3 nitrogen and oxygen atoms in total. The summed E-state index contributed by atoms with van der Waals surface area (Å²) in [5.41, 5.74) is 3.56. The number of nitrogens with zero attached hydrogens (tertiary/aromatic N) is 3. The molecule has 0 amide bonds. The molecule has 3 aromatic heterocycles. The third kappa shape index (κ3) is 24.8. The van der Waals surface area contributed by atoms with Gasteiger partial charge in [-0.15, -0.1) is 12.1 Å². The maximum atomic E-state index is 13.3. The van der Waals surface area contributed by atoms with Crippen LogP contribution >= 0.6 is 15.6 Å². The van der Waals surface area contributed by atoms with E-state index in [0.717, 1.165) is 29.6 Å². The zero-order valence-corrected chi connectivity index (χ0v) is 32.0. The van der Waals surface area contributed by atoms with Gasteiger partial charge in [-0.25, -0.2) is 0 Å². The van der Waals surface area contributed by atoms with Gasteiger partial charge in [-0.1, -0.05) is 65.3 Å². The van der Waals surface area contributed by atoms with Gasteiger partial charge in [0.2, 0.25) is 0 Å². The van der Waals surface area contributed by atoms with E-state index < -0.39 is 39.0 Å². The monoisotopic (exact) mass is 1010 g/mol. The molecule has 0 spiro atoms. The van der Waals surface area contributed by atoms with Gasteiger partial charge in [0, 0.05) is 30.2 Å². The summed E-state index contributed by atoms with van der Waals surface area (Å²) in [4.78, 5) is 12.5. The molecule has 53 heavy (non-hydrogen) atoms. The number of hydrogen-bond donors (Lipinski definition) is 0. The SMILES string of the molecule is CC(C)(C)c1ccnc(-c2cc(C(C)(C)C)ccn2)c1.F[P-](F)(F)(F)(F)F.F[P-](F)(F)(F)(F)F.Fc1c[c-]c(-c2ccc(C(F)(F)F)cn2)c(F)c1.[Ir+3]. The number of pyridine rings is 3. The van der Waals surface area contributed by atoms with E-state index in [4.69, 9.17) is 0 Å². The zero-order chi connectivity index (χ0) is 41.1. The summed E-state index contributed by atoms with van der Waals surface area (Å²) in [5, 5.41) is 0. The van der Waals surface area contributed by atoms with E-state index in [-0.39, 0.29) is 42.2 Å². The number of benzene rings is 1. The van der Waals surface area contributed by atoms with Crippen LogP contribution in [-0.2, 0) is 37.1 Å². The average molecular weight is 1010 g/mol. The molecule has 4 rings (SSSR count). The second-order valence-electron chi connectivity index (χ2n) is 12.7. The number of alkyl halides is 3. The van der Waals surface area contributed by atoms with E-state index in [9.17, 15) is 72.3 Å². The van der Waals surface area contributed by atoms with E-state index in [1.807, 2.05) is 12.4 Å². The first-order valence-corrected chi connectivity index (χ1v) is 18.0. The number of aromatic nitrogens is 3. The molecule has 0 aliphatic heterocycles. The van der Waals surface area contributed by atoms with Gasteiger partial charge in [0.15, 0.2) is 0 Å². The fourth-order valence-corrected chi connectivity index (χ4v) is 3.42. The first kappa shape index (κ1) is 50.0.